The topological polar surface area (TPSA) is 55.1 Å². The van der Waals surface area contributed by atoms with Gasteiger partial charge < -0.3 is 11.1 Å². The lowest BCUT2D eigenvalue weighted by Crippen LogP contribution is -2.22. The number of carbonyl (C=O) groups excluding carboxylic acids is 1. The molecule has 0 fully saturated rings. The molecule has 3 N–H and O–H groups in total. The maximum absolute atomic E-state index is 10.6. The van der Waals surface area contributed by atoms with Crippen molar-refractivity contribution in [1.82, 2.24) is 5.32 Å². The van der Waals surface area contributed by atoms with E-state index in [9.17, 15) is 4.79 Å². The molecule has 3 heteroatoms. The second-order valence-electron chi connectivity index (χ2n) is 4.84. The Morgan fingerprint density at radius 1 is 1.00 bits per heavy atom. The van der Waals surface area contributed by atoms with Crippen molar-refractivity contribution < 1.29 is 4.79 Å². The normalized spacial score (nSPS) is 11.1. The number of amides is 1. The molecule has 0 aromatic heterocycles. The molecule has 0 spiro atoms. The molecule has 2 aromatic rings. The van der Waals surface area contributed by atoms with Crippen LogP contribution >= 0.6 is 0 Å². The van der Waals surface area contributed by atoms with Crippen molar-refractivity contribution in [3.8, 4) is 0 Å². The molecular weight excluding hydrogens is 260 g/mol. The van der Waals surface area contributed by atoms with Gasteiger partial charge in [0.15, 0.2) is 0 Å². The van der Waals surface area contributed by atoms with Crippen LogP contribution in [0.5, 0.6) is 0 Å². The van der Waals surface area contributed by atoms with Gasteiger partial charge in [-0.25, -0.2) is 0 Å². The molecule has 3 nitrogen and oxygen atoms in total. The molecule has 0 aliphatic rings. The van der Waals surface area contributed by atoms with E-state index in [1.807, 2.05) is 12.1 Å². The molecular formula is C18H20N2O. The minimum atomic E-state index is -0.417. The molecule has 0 bridgehead atoms. The number of hydrogen-bond acceptors (Lipinski definition) is 2. The highest BCUT2D eigenvalue weighted by atomic mass is 16.1. The number of nitrogens with one attached hydrogen (secondary N) is 1. The van der Waals surface area contributed by atoms with E-state index in [1.54, 1.807) is 6.08 Å². The van der Waals surface area contributed by atoms with Crippen LogP contribution in [0.1, 0.15) is 17.0 Å². The van der Waals surface area contributed by atoms with Crippen molar-refractivity contribution in [3.63, 3.8) is 0 Å². The van der Waals surface area contributed by atoms with Gasteiger partial charge in [-0.3, -0.25) is 4.79 Å². The summed E-state index contributed by atoms with van der Waals surface area (Å²) in [6.07, 6.45) is 3.13. The molecule has 0 radical (unpaired) electrons. The lowest BCUT2D eigenvalue weighted by molar-refractivity contribution is -0.113. The quantitative estimate of drug-likeness (QED) is 0.604. The van der Waals surface area contributed by atoms with Gasteiger partial charge in [-0.1, -0.05) is 66.7 Å². The summed E-state index contributed by atoms with van der Waals surface area (Å²) in [5.74, 6) is -0.131. The van der Waals surface area contributed by atoms with E-state index in [4.69, 9.17) is 5.73 Å². The zero-order valence-electron chi connectivity index (χ0n) is 11.9. The van der Waals surface area contributed by atoms with E-state index >= 15 is 0 Å². The van der Waals surface area contributed by atoms with Gasteiger partial charge in [-0.05, 0) is 17.2 Å². The highest BCUT2D eigenvalue weighted by Gasteiger charge is 2.12. The average Bonchev–Trinajstić information content (AvgIpc) is 2.52. The van der Waals surface area contributed by atoms with E-state index in [-0.39, 0.29) is 5.92 Å². The molecule has 2 rings (SSSR count). The molecule has 0 aliphatic carbocycles. The Labute approximate surface area is 125 Å². The van der Waals surface area contributed by atoms with Crippen LogP contribution in [0.25, 0.3) is 0 Å². The summed E-state index contributed by atoms with van der Waals surface area (Å²) < 4.78 is 0. The molecule has 21 heavy (non-hydrogen) atoms. The number of carbonyl (C=O) groups is 1. The number of benzene rings is 2. The Morgan fingerprint density at radius 2 is 1.52 bits per heavy atom. The summed E-state index contributed by atoms with van der Waals surface area (Å²) in [4.78, 5) is 10.6. The molecule has 0 aliphatic heterocycles. The van der Waals surface area contributed by atoms with Crippen LogP contribution in [0.3, 0.4) is 0 Å². The Hall–Kier alpha value is -2.39. The summed E-state index contributed by atoms with van der Waals surface area (Å²) >= 11 is 0. The fourth-order valence-electron chi connectivity index (χ4n) is 2.28. The van der Waals surface area contributed by atoms with Gasteiger partial charge >= 0.3 is 0 Å². The second-order valence-corrected chi connectivity index (χ2v) is 4.84. The van der Waals surface area contributed by atoms with Gasteiger partial charge in [-0.2, -0.15) is 0 Å². The summed E-state index contributed by atoms with van der Waals surface area (Å²) in [7, 11) is 0. The van der Waals surface area contributed by atoms with Crippen molar-refractivity contribution >= 4 is 5.91 Å². The molecule has 1 amide bonds. The minimum Gasteiger partial charge on any atom is -0.366 e. The van der Waals surface area contributed by atoms with Crippen molar-refractivity contribution in [3.05, 3.63) is 83.9 Å². The van der Waals surface area contributed by atoms with Crippen molar-refractivity contribution in [2.45, 2.75) is 5.92 Å². The van der Waals surface area contributed by atoms with Gasteiger partial charge in [0.25, 0.3) is 0 Å². The lowest BCUT2D eigenvalue weighted by Gasteiger charge is -2.18. The summed E-state index contributed by atoms with van der Waals surface area (Å²) in [5.41, 5.74) is 7.61. The standard InChI is InChI=1S/C18H20N2O/c19-18(21)12-7-13-20-14-17(15-8-3-1-4-9-15)16-10-5-2-6-11-16/h1-12,17,20H,13-14H2,(H2,19,21). The van der Waals surface area contributed by atoms with E-state index in [1.165, 1.54) is 17.2 Å². The van der Waals surface area contributed by atoms with Gasteiger partial charge in [0, 0.05) is 19.0 Å². The third-order valence-corrected chi connectivity index (χ3v) is 3.30. The van der Waals surface area contributed by atoms with E-state index in [0.29, 0.717) is 6.54 Å². The SMILES string of the molecule is NC(=O)C=CCNCC(c1ccccc1)c1ccccc1. The predicted octanol–water partition coefficient (Wildman–Crippen LogP) is 2.45. The number of primary amides is 1. The van der Waals surface area contributed by atoms with E-state index < -0.39 is 5.91 Å². The molecule has 108 valence electrons. The van der Waals surface area contributed by atoms with Gasteiger partial charge in [-0.15, -0.1) is 0 Å². The van der Waals surface area contributed by atoms with E-state index in [0.717, 1.165) is 6.54 Å². The minimum absolute atomic E-state index is 0.286. The zero-order valence-corrected chi connectivity index (χ0v) is 11.9. The molecule has 0 saturated heterocycles. The molecule has 0 atom stereocenters. The third kappa shape index (κ3) is 4.89. The van der Waals surface area contributed by atoms with Crippen LogP contribution in [-0.2, 0) is 4.79 Å². The lowest BCUT2D eigenvalue weighted by atomic mass is 9.91. The first-order valence-electron chi connectivity index (χ1n) is 7.04. The van der Waals surface area contributed by atoms with Crippen LogP contribution in [0, 0.1) is 0 Å². The van der Waals surface area contributed by atoms with Crippen LogP contribution in [-0.4, -0.2) is 19.0 Å². The highest BCUT2D eigenvalue weighted by Crippen LogP contribution is 2.23. The van der Waals surface area contributed by atoms with Crippen LogP contribution in [0.4, 0.5) is 0 Å². The maximum Gasteiger partial charge on any atom is 0.241 e. The van der Waals surface area contributed by atoms with Crippen LogP contribution < -0.4 is 11.1 Å². The van der Waals surface area contributed by atoms with Gasteiger partial charge in [0.05, 0.1) is 0 Å². The van der Waals surface area contributed by atoms with Crippen molar-refractivity contribution in [2.75, 3.05) is 13.1 Å². The Kier molecular flexibility index (Phi) is 5.73. The number of rotatable bonds is 7. The first kappa shape index (κ1) is 15.0. The highest BCUT2D eigenvalue weighted by molar-refractivity contribution is 5.85. The van der Waals surface area contributed by atoms with E-state index in [2.05, 4.69) is 53.8 Å². The monoisotopic (exact) mass is 280 g/mol. The van der Waals surface area contributed by atoms with Crippen LogP contribution in [0.2, 0.25) is 0 Å². The predicted molar refractivity (Wildman–Crippen MR) is 85.9 cm³/mol. The fourth-order valence-corrected chi connectivity index (χ4v) is 2.28. The largest absolute Gasteiger partial charge is 0.366 e. The summed E-state index contributed by atoms with van der Waals surface area (Å²) in [6.45, 7) is 1.43. The molecule has 0 unspecified atom stereocenters. The van der Waals surface area contributed by atoms with Gasteiger partial charge in [0.2, 0.25) is 5.91 Å². The summed E-state index contributed by atoms with van der Waals surface area (Å²) in [6, 6.07) is 20.8. The molecule has 2 aromatic carbocycles. The molecule has 0 saturated carbocycles. The maximum atomic E-state index is 10.6. The fraction of sp³-hybridized carbons (Fsp3) is 0.167. The average molecular weight is 280 g/mol. The summed E-state index contributed by atoms with van der Waals surface area (Å²) in [5, 5.41) is 3.34. The third-order valence-electron chi connectivity index (χ3n) is 3.30. The Bertz CT molecular complexity index is 539. The zero-order chi connectivity index (χ0) is 14.9. The van der Waals surface area contributed by atoms with Crippen molar-refractivity contribution in [2.24, 2.45) is 5.73 Å². The van der Waals surface area contributed by atoms with Gasteiger partial charge in [0.1, 0.15) is 0 Å². The second kappa shape index (κ2) is 8.02. The van der Waals surface area contributed by atoms with Crippen molar-refractivity contribution in [1.29, 1.82) is 0 Å². The Balaban J connectivity index is 2.05. The number of nitrogens with two attached hydrogens (primary N) is 1. The molecule has 0 heterocycles. The smallest absolute Gasteiger partial charge is 0.241 e. The number of hydrogen-bond donors (Lipinski definition) is 2. The Morgan fingerprint density at radius 3 is 2.00 bits per heavy atom. The van der Waals surface area contributed by atoms with Crippen LogP contribution in [0.15, 0.2) is 72.8 Å². The first-order chi connectivity index (χ1) is 10.3. The first-order valence-corrected chi connectivity index (χ1v) is 7.04.